The molecule has 0 spiro atoms. The second-order valence-electron chi connectivity index (χ2n) is 9.36. The topological polar surface area (TPSA) is 0 Å². The Labute approximate surface area is 236 Å². The van der Waals surface area contributed by atoms with Gasteiger partial charge in [-0.3, -0.25) is 0 Å². The van der Waals surface area contributed by atoms with Crippen LogP contribution in [0.15, 0.2) is 96.6 Å². The summed E-state index contributed by atoms with van der Waals surface area (Å²) in [6, 6.07) is 27.3. The Morgan fingerprint density at radius 2 is 1.06 bits per heavy atom. The van der Waals surface area contributed by atoms with E-state index in [4.69, 9.17) is 0 Å². The Balaban J connectivity index is 0.00000193. The fourth-order valence-electron chi connectivity index (χ4n) is 5.03. The van der Waals surface area contributed by atoms with Crippen LogP contribution in [0.5, 0.6) is 0 Å². The van der Waals surface area contributed by atoms with Crippen molar-refractivity contribution in [3.8, 4) is 0 Å². The molecule has 0 bridgehead atoms. The van der Waals surface area contributed by atoms with Crippen LogP contribution in [0, 0.1) is 26.7 Å². The molecule has 0 nitrogen and oxygen atoms in total. The molecule has 0 radical (unpaired) electrons. The van der Waals surface area contributed by atoms with Crippen molar-refractivity contribution in [1.29, 1.82) is 0 Å². The molecular weight excluding hydrogens is 515 g/mol. The van der Waals surface area contributed by atoms with E-state index >= 15 is 0 Å². The van der Waals surface area contributed by atoms with E-state index in [0.29, 0.717) is 5.92 Å². The molecule has 0 aromatic heterocycles. The Bertz CT molecular complexity index is 1070. The van der Waals surface area contributed by atoms with Gasteiger partial charge in [0.25, 0.3) is 0 Å². The van der Waals surface area contributed by atoms with Gasteiger partial charge in [0.15, 0.2) is 0 Å². The molecule has 1 aliphatic rings. The predicted octanol–water partition coefficient (Wildman–Crippen LogP) is -1.18. The number of hydrogen-bond donors (Lipinski definition) is 0. The van der Waals surface area contributed by atoms with Crippen molar-refractivity contribution in [2.75, 3.05) is 0 Å². The van der Waals surface area contributed by atoms with Crippen molar-refractivity contribution >= 4 is 0 Å². The van der Waals surface area contributed by atoms with Crippen LogP contribution in [0.25, 0.3) is 0 Å². The van der Waals surface area contributed by atoms with Gasteiger partial charge < -0.3 is 37.2 Å². The molecular formula is C30H31Cl3Ti. The van der Waals surface area contributed by atoms with Crippen LogP contribution in [0.4, 0.5) is 0 Å². The van der Waals surface area contributed by atoms with Gasteiger partial charge in [0.2, 0.25) is 0 Å². The molecule has 0 saturated heterocycles. The molecule has 0 saturated carbocycles. The van der Waals surface area contributed by atoms with E-state index in [1.807, 2.05) is 0 Å². The quantitative estimate of drug-likeness (QED) is 0.280. The van der Waals surface area contributed by atoms with E-state index in [0.717, 1.165) is 0 Å². The van der Waals surface area contributed by atoms with E-state index < -0.39 is 0 Å². The standard InChI is InChI=1S/C30H31.3ClH.Ti/c1-21(2)25-15-16-29(20-25)30(26-12-6-9-22(3)17-26,27-13-7-10-23(4)18-27)28-14-8-11-24(5)19-28;;;;/h6-21H,1-5H3;3*1H;/q;;;;+3/p-3. The number of aryl methyl sites for hydroxylation is 3. The van der Waals surface area contributed by atoms with Crippen molar-refractivity contribution in [3.63, 3.8) is 0 Å². The zero-order chi connectivity index (χ0) is 22.2. The molecule has 0 fully saturated rings. The van der Waals surface area contributed by atoms with Crippen LogP contribution in [-0.4, -0.2) is 0 Å². The molecule has 34 heavy (non-hydrogen) atoms. The molecule has 0 N–H and O–H groups in total. The third-order valence-electron chi connectivity index (χ3n) is 6.57. The smallest absolute Gasteiger partial charge is 1.00 e. The zero-order valence-electron chi connectivity index (χ0n) is 20.4. The van der Waals surface area contributed by atoms with Gasteiger partial charge >= 0.3 is 200 Å². The average Bonchev–Trinajstić information content (AvgIpc) is 3.12. The van der Waals surface area contributed by atoms with Gasteiger partial charge in [-0.2, -0.15) is 0 Å². The Kier molecular flexibility index (Phi) is 11.0. The van der Waals surface area contributed by atoms with Crippen molar-refractivity contribution in [2.45, 2.75) is 43.8 Å². The van der Waals surface area contributed by atoms with Crippen LogP contribution in [0.1, 0.15) is 47.2 Å². The minimum atomic E-state index is -0.329. The van der Waals surface area contributed by atoms with Crippen molar-refractivity contribution in [2.24, 2.45) is 5.92 Å². The Hall–Kier alpha value is -1.28. The van der Waals surface area contributed by atoms with Crippen LogP contribution >= 0.6 is 0 Å². The van der Waals surface area contributed by atoms with Gasteiger partial charge in [-0.1, -0.05) is 0 Å². The van der Waals surface area contributed by atoms with Gasteiger partial charge in [-0.25, -0.2) is 0 Å². The second-order valence-corrected chi connectivity index (χ2v) is 10.7. The van der Waals surface area contributed by atoms with Crippen molar-refractivity contribution in [3.05, 3.63) is 130 Å². The Morgan fingerprint density at radius 1 is 0.676 bits per heavy atom. The number of allylic oxidation sites excluding steroid dienone is 4. The molecule has 4 rings (SSSR count). The maximum absolute atomic E-state index is 2.52. The summed E-state index contributed by atoms with van der Waals surface area (Å²) in [6.45, 7) is 11.2. The normalized spacial score (nSPS) is 16.9. The molecule has 1 unspecified atom stereocenters. The first kappa shape index (κ1) is 30.8. The van der Waals surface area contributed by atoms with E-state index in [1.165, 1.54) is 39.0 Å². The molecule has 0 heterocycles. The van der Waals surface area contributed by atoms with Gasteiger partial charge in [0, 0.05) is 0 Å². The van der Waals surface area contributed by atoms with Gasteiger partial charge in [0.05, 0.1) is 0 Å². The van der Waals surface area contributed by atoms with Crippen LogP contribution in [0.3, 0.4) is 0 Å². The van der Waals surface area contributed by atoms with Crippen LogP contribution < -0.4 is 37.2 Å². The molecule has 3 aromatic rings. The molecule has 3 aromatic carbocycles. The summed E-state index contributed by atoms with van der Waals surface area (Å²) < 4.78 is -0.192. The summed E-state index contributed by atoms with van der Waals surface area (Å²) >= 11 is 2.41. The summed E-state index contributed by atoms with van der Waals surface area (Å²) in [7, 11) is 0. The largest absolute Gasteiger partial charge is 1.00 e. The molecule has 176 valence electrons. The molecule has 1 atom stereocenters. The number of rotatable bonds is 5. The van der Waals surface area contributed by atoms with E-state index in [-0.39, 0.29) is 46.4 Å². The summed E-state index contributed by atoms with van der Waals surface area (Å²) in [5.41, 5.74) is 9.00. The maximum Gasteiger partial charge on any atom is -1.00 e. The molecule has 4 heteroatoms. The number of benzene rings is 3. The van der Waals surface area contributed by atoms with Crippen molar-refractivity contribution in [1.82, 2.24) is 0 Å². The summed E-state index contributed by atoms with van der Waals surface area (Å²) in [5, 5.41) is 0. The summed E-state index contributed by atoms with van der Waals surface area (Å²) in [5.74, 6) is 0.503. The van der Waals surface area contributed by atoms with E-state index in [2.05, 4.69) is 146 Å². The first-order valence-corrected chi connectivity index (χ1v) is 11.9. The number of hydrogen-bond acceptors (Lipinski definition) is 0. The predicted molar refractivity (Wildman–Crippen MR) is 128 cm³/mol. The van der Waals surface area contributed by atoms with Crippen LogP contribution in [0.2, 0.25) is 3.72 Å². The van der Waals surface area contributed by atoms with Gasteiger partial charge in [0.1, 0.15) is 0 Å². The summed E-state index contributed by atoms with van der Waals surface area (Å²) in [4.78, 5) is 0. The first-order valence-electron chi connectivity index (χ1n) is 11.1. The molecule has 0 aliphatic heterocycles. The SMILES string of the molecule is Cc1cccc(C(c2cccc(C)c2)(c2cccc(C)c2)[C]2([Ti+3])C=CC(C(C)C)=C2)c1.[Cl-].[Cl-].[Cl-]. The molecule has 1 aliphatic carbocycles. The minimum Gasteiger partial charge on any atom is -1.00 e. The zero-order valence-corrected chi connectivity index (χ0v) is 24.2. The van der Waals surface area contributed by atoms with Gasteiger partial charge in [-0.05, 0) is 0 Å². The second kappa shape index (κ2) is 12.1. The minimum absolute atomic E-state index is 0. The van der Waals surface area contributed by atoms with Gasteiger partial charge in [-0.15, -0.1) is 0 Å². The Morgan fingerprint density at radius 3 is 1.35 bits per heavy atom. The summed E-state index contributed by atoms with van der Waals surface area (Å²) in [6.07, 6.45) is 7.31. The van der Waals surface area contributed by atoms with Crippen molar-refractivity contribution < 1.29 is 57.7 Å². The third kappa shape index (κ3) is 5.43. The third-order valence-corrected chi connectivity index (χ3v) is 7.64. The fourth-order valence-corrected chi connectivity index (χ4v) is 6.10. The first-order chi connectivity index (χ1) is 14.8. The van der Waals surface area contributed by atoms with E-state index in [1.54, 1.807) is 0 Å². The maximum atomic E-state index is 2.52. The average molecular weight is 546 g/mol. The molecule has 0 amide bonds. The number of halogens is 3. The van der Waals surface area contributed by atoms with E-state index in [9.17, 15) is 0 Å². The van der Waals surface area contributed by atoms with Crippen LogP contribution in [-0.2, 0) is 25.9 Å². The fraction of sp³-hybridized carbons (Fsp3) is 0.267. The monoisotopic (exact) mass is 544 g/mol.